The number of benzene rings is 1. The van der Waals surface area contributed by atoms with Gasteiger partial charge in [-0.05, 0) is 25.1 Å². The second kappa shape index (κ2) is 7.21. The number of nitrogens with one attached hydrogen (secondary N) is 2. The lowest BCUT2D eigenvalue weighted by Gasteiger charge is -2.27. The first-order valence-electron chi connectivity index (χ1n) is 6.87. The number of hydrogen-bond acceptors (Lipinski definition) is 4. The minimum absolute atomic E-state index is 0.283. The van der Waals surface area contributed by atoms with Crippen molar-refractivity contribution in [3.63, 3.8) is 0 Å². The molecule has 0 saturated carbocycles. The van der Waals surface area contributed by atoms with Crippen molar-refractivity contribution in [2.75, 3.05) is 39.3 Å². The van der Waals surface area contributed by atoms with E-state index in [1.165, 1.54) is 12.1 Å². The number of carbonyl (C=O) groups is 1. The van der Waals surface area contributed by atoms with Crippen LogP contribution in [0, 0.1) is 5.82 Å². The van der Waals surface area contributed by atoms with Crippen molar-refractivity contribution in [2.24, 2.45) is 0 Å². The fourth-order valence-electron chi connectivity index (χ4n) is 2.27. The zero-order valence-corrected chi connectivity index (χ0v) is 11.4. The van der Waals surface area contributed by atoms with E-state index >= 15 is 0 Å². The second-order valence-corrected chi connectivity index (χ2v) is 4.84. The molecule has 5 nitrogen and oxygen atoms in total. The van der Waals surface area contributed by atoms with Gasteiger partial charge in [0.1, 0.15) is 17.1 Å². The van der Waals surface area contributed by atoms with Gasteiger partial charge in [-0.1, -0.05) is 6.07 Å². The minimum atomic E-state index is -0.704. The summed E-state index contributed by atoms with van der Waals surface area (Å²) in [6.07, 6.45) is 0.807. The van der Waals surface area contributed by atoms with Gasteiger partial charge < -0.3 is 20.6 Å². The lowest BCUT2D eigenvalue weighted by molar-refractivity contribution is 0.0944. The SMILES string of the molecule is O=C(NCCCN1CCNCC1)c1c(O)cccc1F. The summed E-state index contributed by atoms with van der Waals surface area (Å²) in [5, 5.41) is 15.4. The second-order valence-electron chi connectivity index (χ2n) is 4.84. The Morgan fingerprint density at radius 3 is 2.85 bits per heavy atom. The maximum Gasteiger partial charge on any atom is 0.258 e. The Labute approximate surface area is 117 Å². The van der Waals surface area contributed by atoms with Crippen LogP contribution in [0.15, 0.2) is 18.2 Å². The first kappa shape index (κ1) is 14.7. The highest BCUT2D eigenvalue weighted by Crippen LogP contribution is 2.19. The number of carbonyl (C=O) groups excluding carboxylic acids is 1. The van der Waals surface area contributed by atoms with Gasteiger partial charge in [0.2, 0.25) is 0 Å². The van der Waals surface area contributed by atoms with Gasteiger partial charge in [-0.15, -0.1) is 0 Å². The minimum Gasteiger partial charge on any atom is -0.507 e. The summed E-state index contributed by atoms with van der Waals surface area (Å²) in [4.78, 5) is 14.1. The molecule has 0 aromatic heterocycles. The maximum absolute atomic E-state index is 13.5. The van der Waals surface area contributed by atoms with Gasteiger partial charge in [0.25, 0.3) is 5.91 Å². The van der Waals surface area contributed by atoms with Gasteiger partial charge in [0.15, 0.2) is 0 Å². The Balaban J connectivity index is 1.75. The van der Waals surface area contributed by atoms with E-state index in [0.29, 0.717) is 6.54 Å². The number of piperazine rings is 1. The molecule has 0 spiro atoms. The average Bonchev–Trinajstić information content (AvgIpc) is 2.44. The number of phenols is 1. The zero-order chi connectivity index (χ0) is 14.4. The molecule has 20 heavy (non-hydrogen) atoms. The van der Waals surface area contributed by atoms with E-state index in [1.807, 2.05) is 0 Å². The smallest absolute Gasteiger partial charge is 0.258 e. The Kier molecular flexibility index (Phi) is 5.31. The Morgan fingerprint density at radius 2 is 2.15 bits per heavy atom. The number of phenolic OH excluding ortho intramolecular Hbond substituents is 1. The van der Waals surface area contributed by atoms with E-state index in [1.54, 1.807) is 0 Å². The normalized spacial score (nSPS) is 16.1. The van der Waals surface area contributed by atoms with Crippen LogP contribution in [-0.4, -0.2) is 55.2 Å². The average molecular weight is 281 g/mol. The van der Waals surface area contributed by atoms with Crippen molar-refractivity contribution >= 4 is 5.91 Å². The van der Waals surface area contributed by atoms with Gasteiger partial charge in [-0.3, -0.25) is 4.79 Å². The van der Waals surface area contributed by atoms with E-state index in [0.717, 1.165) is 45.2 Å². The van der Waals surface area contributed by atoms with Gasteiger partial charge in [0, 0.05) is 32.7 Å². The molecule has 0 unspecified atom stereocenters. The van der Waals surface area contributed by atoms with Crippen molar-refractivity contribution in [1.29, 1.82) is 0 Å². The molecule has 110 valence electrons. The molecule has 0 atom stereocenters. The summed E-state index contributed by atoms with van der Waals surface area (Å²) in [5.74, 6) is -1.60. The Bertz CT molecular complexity index is 441. The highest BCUT2D eigenvalue weighted by Gasteiger charge is 2.16. The summed E-state index contributed by atoms with van der Waals surface area (Å²) in [6, 6.07) is 3.83. The molecule has 1 heterocycles. The van der Waals surface area contributed by atoms with Gasteiger partial charge in [0.05, 0.1) is 0 Å². The van der Waals surface area contributed by atoms with Crippen molar-refractivity contribution in [3.05, 3.63) is 29.6 Å². The molecule has 1 aromatic rings. The van der Waals surface area contributed by atoms with Crippen LogP contribution in [0.1, 0.15) is 16.8 Å². The first-order chi connectivity index (χ1) is 9.68. The summed E-state index contributed by atoms with van der Waals surface area (Å²) in [6.45, 7) is 5.40. The van der Waals surface area contributed by atoms with Crippen molar-refractivity contribution in [2.45, 2.75) is 6.42 Å². The van der Waals surface area contributed by atoms with Crippen LogP contribution >= 0.6 is 0 Å². The highest BCUT2D eigenvalue weighted by atomic mass is 19.1. The largest absolute Gasteiger partial charge is 0.507 e. The Morgan fingerprint density at radius 1 is 1.40 bits per heavy atom. The monoisotopic (exact) mass is 281 g/mol. The van der Waals surface area contributed by atoms with Crippen LogP contribution in [-0.2, 0) is 0 Å². The number of rotatable bonds is 5. The fourth-order valence-corrected chi connectivity index (χ4v) is 2.27. The van der Waals surface area contributed by atoms with Crippen LogP contribution in [0.4, 0.5) is 4.39 Å². The van der Waals surface area contributed by atoms with E-state index in [2.05, 4.69) is 15.5 Å². The lowest BCUT2D eigenvalue weighted by atomic mass is 10.1. The number of halogens is 1. The summed E-state index contributed by atoms with van der Waals surface area (Å²) < 4.78 is 13.5. The fraction of sp³-hybridized carbons (Fsp3) is 0.500. The molecule has 1 aromatic carbocycles. The third-order valence-electron chi connectivity index (χ3n) is 3.36. The quantitative estimate of drug-likeness (QED) is 0.690. The van der Waals surface area contributed by atoms with Crippen LogP contribution in [0.2, 0.25) is 0 Å². The van der Waals surface area contributed by atoms with Crippen LogP contribution in [0.5, 0.6) is 5.75 Å². The number of amides is 1. The molecule has 1 saturated heterocycles. The van der Waals surface area contributed by atoms with Crippen LogP contribution in [0.25, 0.3) is 0 Å². The first-order valence-corrected chi connectivity index (χ1v) is 6.87. The van der Waals surface area contributed by atoms with E-state index < -0.39 is 11.7 Å². The van der Waals surface area contributed by atoms with E-state index in [4.69, 9.17) is 0 Å². The molecule has 0 aliphatic carbocycles. The molecular formula is C14H20FN3O2. The standard InChI is InChI=1S/C14H20FN3O2/c15-11-3-1-4-12(19)13(11)14(20)17-5-2-8-18-9-6-16-7-10-18/h1,3-4,16,19H,2,5-10H2,(H,17,20). The molecule has 1 fully saturated rings. The number of hydrogen-bond donors (Lipinski definition) is 3. The topological polar surface area (TPSA) is 64.6 Å². The number of aromatic hydroxyl groups is 1. The third-order valence-corrected chi connectivity index (χ3v) is 3.36. The van der Waals surface area contributed by atoms with Crippen molar-refractivity contribution < 1.29 is 14.3 Å². The highest BCUT2D eigenvalue weighted by molar-refractivity contribution is 5.97. The molecule has 2 rings (SSSR count). The lowest BCUT2D eigenvalue weighted by Crippen LogP contribution is -2.44. The van der Waals surface area contributed by atoms with Crippen molar-refractivity contribution in [1.82, 2.24) is 15.5 Å². The zero-order valence-electron chi connectivity index (χ0n) is 11.4. The summed E-state index contributed by atoms with van der Waals surface area (Å²) in [5.41, 5.74) is -0.283. The predicted molar refractivity (Wildman–Crippen MR) is 74.3 cm³/mol. The van der Waals surface area contributed by atoms with Gasteiger partial charge >= 0.3 is 0 Å². The van der Waals surface area contributed by atoms with Gasteiger partial charge in [-0.25, -0.2) is 4.39 Å². The van der Waals surface area contributed by atoms with Gasteiger partial charge in [-0.2, -0.15) is 0 Å². The molecule has 0 radical (unpaired) electrons. The predicted octanol–water partition coefficient (Wildman–Crippen LogP) is 0.556. The van der Waals surface area contributed by atoms with Crippen LogP contribution < -0.4 is 10.6 Å². The molecule has 1 amide bonds. The maximum atomic E-state index is 13.5. The van der Waals surface area contributed by atoms with E-state index in [9.17, 15) is 14.3 Å². The molecule has 0 bridgehead atoms. The van der Waals surface area contributed by atoms with E-state index in [-0.39, 0.29) is 11.3 Å². The summed E-state index contributed by atoms with van der Waals surface area (Å²) >= 11 is 0. The molecule has 3 N–H and O–H groups in total. The molecule has 1 aliphatic heterocycles. The van der Waals surface area contributed by atoms with Crippen LogP contribution in [0.3, 0.4) is 0 Å². The molecular weight excluding hydrogens is 261 g/mol. The molecule has 1 aliphatic rings. The van der Waals surface area contributed by atoms with Crippen molar-refractivity contribution in [3.8, 4) is 5.75 Å². The summed E-state index contributed by atoms with van der Waals surface area (Å²) in [7, 11) is 0. The Hall–Kier alpha value is -1.66. The molecule has 6 heteroatoms. The number of nitrogens with zero attached hydrogens (tertiary/aromatic N) is 1. The third kappa shape index (κ3) is 3.91.